The van der Waals surface area contributed by atoms with Gasteiger partial charge in [-0.1, -0.05) is 0 Å². The fraction of sp³-hybridized carbons (Fsp3) is 0.167. The molecule has 0 heterocycles. The number of nitrogens with one attached hydrogen (secondary N) is 1. The molecule has 4 nitrogen and oxygen atoms in total. The van der Waals surface area contributed by atoms with Crippen LogP contribution in [0, 0.1) is 0 Å². The molecule has 3 rings (SSSR count). The Morgan fingerprint density at radius 1 is 0.828 bits per heavy atom. The molecule has 29 heavy (non-hydrogen) atoms. The van der Waals surface area contributed by atoms with Crippen molar-refractivity contribution in [1.29, 1.82) is 0 Å². The fourth-order valence-electron chi connectivity index (χ4n) is 3.11. The first kappa shape index (κ1) is 20.8. The van der Waals surface area contributed by atoms with E-state index in [1.165, 1.54) is 4.46 Å². The molecule has 3 aromatic rings. The van der Waals surface area contributed by atoms with Gasteiger partial charge in [0.15, 0.2) is 0 Å². The Balaban J connectivity index is 1.83. The first-order valence-electron chi connectivity index (χ1n) is 9.42. The molecule has 0 fully saturated rings. The van der Waals surface area contributed by atoms with Crippen molar-refractivity contribution in [2.75, 3.05) is 0 Å². The number of amides is 1. The fourth-order valence-corrected chi connectivity index (χ4v) is 5.29. The molecule has 2 N–H and O–H groups in total. The molecule has 0 aromatic heterocycles. The van der Waals surface area contributed by atoms with Gasteiger partial charge in [0.25, 0.3) is 0 Å². The Hall–Kier alpha value is -2.88. The van der Waals surface area contributed by atoms with Crippen LogP contribution in [-0.2, 0) is 11.2 Å². The van der Waals surface area contributed by atoms with Gasteiger partial charge in [-0.25, -0.2) is 0 Å². The summed E-state index contributed by atoms with van der Waals surface area (Å²) in [6.45, 7) is 0. The van der Waals surface area contributed by atoms with E-state index >= 15 is 0 Å². The van der Waals surface area contributed by atoms with Crippen molar-refractivity contribution in [3.8, 4) is 0 Å². The number of carbonyl (C=O) groups is 2. The van der Waals surface area contributed by atoms with Gasteiger partial charge in [0.05, 0.1) is 0 Å². The van der Waals surface area contributed by atoms with Crippen LogP contribution in [0.3, 0.4) is 0 Å². The zero-order valence-corrected chi connectivity index (χ0v) is 17.7. The van der Waals surface area contributed by atoms with Crippen molar-refractivity contribution in [2.45, 2.75) is 23.7 Å². The van der Waals surface area contributed by atoms with Crippen LogP contribution in [-0.4, -0.2) is 37.5 Å². The predicted octanol–water partition coefficient (Wildman–Crippen LogP) is 3.32. The van der Waals surface area contributed by atoms with Crippen LogP contribution in [0.25, 0.3) is 0 Å². The summed E-state index contributed by atoms with van der Waals surface area (Å²) in [6, 6.07) is 28.3. The normalized spacial score (nSPS) is 12.7. The third kappa shape index (κ3) is 5.80. The number of carboxylic acid groups (broad SMARTS) is 1. The van der Waals surface area contributed by atoms with Crippen LogP contribution in [0.15, 0.2) is 91.0 Å². The second kappa shape index (κ2) is 10.1. The number of carboxylic acids is 1. The third-order valence-electron chi connectivity index (χ3n) is 4.69. The van der Waals surface area contributed by atoms with E-state index in [9.17, 15) is 14.7 Å². The van der Waals surface area contributed by atoms with Crippen molar-refractivity contribution in [3.05, 3.63) is 102 Å². The van der Waals surface area contributed by atoms with Gasteiger partial charge in [0.1, 0.15) is 0 Å². The van der Waals surface area contributed by atoms with E-state index in [2.05, 4.69) is 17.4 Å². The van der Waals surface area contributed by atoms with Crippen LogP contribution >= 0.6 is 0 Å². The number of benzene rings is 3. The molecule has 5 heteroatoms. The quantitative estimate of drug-likeness (QED) is 0.490. The van der Waals surface area contributed by atoms with Crippen LogP contribution in [0.2, 0.25) is 5.32 Å². The summed E-state index contributed by atoms with van der Waals surface area (Å²) in [5.74, 6) is -1.37. The molecule has 148 valence electrons. The Morgan fingerprint density at radius 3 is 1.97 bits per heavy atom. The molecule has 0 radical (unpaired) electrons. The maximum atomic E-state index is 12.8. The SMILES string of the molecule is O=C(N[C@@](CC[Se]c1ccccc1)(Cc1ccccc1)C(=O)O)c1ccccc1. The van der Waals surface area contributed by atoms with Crippen molar-refractivity contribution in [1.82, 2.24) is 5.32 Å². The van der Waals surface area contributed by atoms with Crippen LogP contribution in [0.4, 0.5) is 0 Å². The van der Waals surface area contributed by atoms with Gasteiger partial charge in [-0.05, 0) is 0 Å². The van der Waals surface area contributed by atoms with Gasteiger partial charge >= 0.3 is 177 Å². The zero-order valence-electron chi connectivity index (χ0n) is 16.0. The Morgan fingerprint density at radius 2 is 1.38 bits per heavy atom. The number of carbonyl (C=O) groups excluding carboxylic acids is 1. The summed E-state index contributed by atoms with van der Waals surface area (Å²) in [7, 11) is 0. The zero-order chi connectivity index (χ0) is 20.5. The van der Waals surface area contributed by atoms with E-state index in [0.29, 0.717) is 17.3 Å². The Bertz CT molecular complexity index is 932. The van der Waals surface area contributed by atoms with Gasteiger partial charge < -0.3 is 0 Å². The van der Waals surface area contributed by atoms with Gasteiger partial charge in [0.2, 0.25) is 0 Å². The Labute approximate surface area is 177 Å². The molecule has 0 unspecified atom stereocenters. The van der Waals surface area contributed by atoms with Crippen molar-refractivity contribution in [3.63, 3.8) is 0 Å². The molecule has 0 spiro atoms. The molecule has 0 aliphatic carbocycles. The molecule has 0 saturated carbocycles. The second-order valence-electron chi connectivity index (χ2n) is 6.78. The molecule has 0 bridgehead atoms. The average molecular weight is 452 g/mol. The van der Waals surface area contributed by atoms with Crippen molar-refractivity contribution in [2.24, 2.45) is 0 Å². The van der Waals surface area contributed by atoms with E-state index in [1.54, 1.807) is 24.3 Å². The maximum absolute atomic E-state index is 12.8. The van der Waals surface area contributed by atoms with Crippen LogP contribution in [0.5, 0.6) is 0 Å². The van der Waals surface area contributed by atoms with E-state index in [-0.39, 0.29) is 27.3 Å². The van der Waals surface area contributed by atoms with E-state index in [0.717, 1.165) is 5.56 Å². The minimum atomic E-state index is -1.36. The van der Waals surface area contributed by atoms with Crippen molar-refractivity contribution < 1.29 is 14.7 Å². The standard InChI is InChI=1S/C24H23NO3Se/c26-22(20-12-6-2-7-13-20)25-24(23(27)28,18-19-10-4-1-5-11-19)16-17-29-21-14-8-3-9-15-21/h1-15H,16-18H2,(H,25,26)(H,27,28)/t24-/m0/s1. The average Bonchev–Trinajstić information content (AvgIpc) is 2.75. The third-order valence-corrected chi connectivity index (χ3v) is 6.81. The molecule has 3 aromatic carbocycles. The van der Waals surface area contributed by atoms with E-state index < -0.39 is 11.5 Å². The number of aliphatic carboxylic acids is 1. The predicted molar refractivity (Wildman–Crippen MR) is 116 cm³/mol. The molecule has 1 atom stereocenters. The summed E-state index contributed by atoms with van der Waals surface area (Å²) in [4.78, 5) is 25.2. The van der Waals surface area contributed by atoms with Gasteiger partial charge in [-0.2, -0.15) is 0 Å². The number of rotatable bonds is 9. The molecular formula is C24H23NO3Se. The molecule has 0 aliphatic heterocycles. The Kier molecular flexibility index (Phi) is 7.23. The molecule has 0 aliphatic rings. The number of hydrogen-bond donors (Lipinski definition) is 2. The van der Waals surface area contributed by atoms with E-state index in [1.807, 2.05) is 54.6 Å². The van der Waals surface area contributed by atoms with Crippen LogP contribution in [0.1, 0.15) is 22.3 Å². The molecular weight excluding hydrogens is 429 g/mol. The second-order valence-corrected chi connectivity index (χ2v) is 9.23. The first-order chi connectivity index (χ1) is 14.1. The summed E-state index contributed by atoms with van der Waals surface area (Å²) < 4.78 is 1.22. The summed E-state index contributed by atoms with van der Waals surface area (Å²) in [5.41, 5.74) is -0.0135. The molecule has 1 amide bonds. The summed E-state index contributed by atoms with van der Waals surface area (Å²) >= 11 is 0.135. The summed E-state index contributed by atoms with van der Waals surface area (Å²) in [5, 5.41) is 13.7. The summed E-state index contributed by atoms with van der Waals surface area (Å²) in [6.07, 6.45) is 0.608. The van der Waals surface area contributed by atoms with Gasteiger partial charge in [0, 0.05) is 0 Å². The first-order valence-corrected chi connectivity index (χ1v) is 11.5. The monoisotopic (exact) mass is 453 g/mol. The molecule has 0 saturated heterocycles. The van der Waals surface area contributed by atoms with Gasteiger partial charge in [-0.15, -0.1) is 0 Å². The number of hydrogen-bond acceptors (Lipinski definition) is 2. The minimum absolute atomic E-state index is 0.135. The van der Waals surface area contributed by atoms with Crippen LogP contribution < -0.4 is 9.78 Å². The van der Waals surface area contributed by atoms with E-state index in [4.69, 9.17) is 0 Å². The van der Waals surface area contributed by atoms with Crippen molar-refractivity contribution >= 4 is 31.3 Å². The van der Waals surface area contributed by atoms with Gasteiger partial charge in [-0.3, -0.25) is 0 Å². The topological polar surface area (TPSA) is 66.4 Å².